The first-order valence-electron chi connectivity index (χ1n) is 8.39. The highest BCUT2D eigenvalue weighted by atomic mass is 16.5. The minimum atomic E-state index is -0.526. The Kier molecular flexibility index (Phi) is 8.87. The Bertz CT molecular complexity index is 321. The van der Waals surface area contributed by atoms with Gasteiger partial charge in [0.25, 0.3) is 0 Å². The predicted octanol–water partition coefficient (Wildman–Crippen LogP) is 3.21. The molecule has 0 aromatic carbocycles. The van der Waals surface area contributed by atoms with E-state index in [1.54, 1.807) is 0 Å². The van der Waals surface area contributed by atoms with E-state index in [1.165, 1.54) is 43.4 Å². The topological polar surface area (TPSA) is 72.6 Å². The van der Waals surface area contributed by atoms with E-state index in [0.29, 0.717) is 19.6 Å². The highest BCUT2D eigenvalue weighted by molar-refractivity contribution is 5.83. The molecule has 122 valence electrons. The van der Waals surface area contributed by atoms with Crippen molar-refractivity contribution >= 4 is 12.0 Å². The molecule has 1 fully saturated rings. The third kappa shape index (κ3) is 6.82. The molecule has 0 radical (unpaired) electrons. The van der Waals surface area contributed by atoms with Crippen LogP contribution in [0.4, 0.5) is 4.79 Å². The van der Waals surface area contributed by atoms with Gasteiger partial charge >= 0.3 is 12.0 Å². The monoisotopic (exact) mass is 298 g/mol. The normalized spacial score (nSPS) is 18.0. The fraction of sp³-hybridized carbons (Fsp3) is 0.875. The van der Waals surface area contributed by atoms with Crippen LogP contribution < -0.4 is 5.73 Å². The Morgan fingerprint density at radius 2 is 1.71 bits per heavy atom. The van der Waals surface area contributed by atoms with Crippen LogP contribution in [0.5, 0.6) is 0 Å². The number of unbranched alkanes of at least 4 members (excludes halogenated alkanes) is 7. The molecule has 1 heterocycles. The number of primary amides is 1. The number of rotatable bonds is 10. The van der Waals surface area contributed by atoms with Crippen LogP contribution in [0.3, 0.4) is 0 Å². The van der Waals surface area contributed by atoms with Gasteiger partial charge in [-0.1, -0.05) is 51.9 Å². The number of hydrogen-bond donors (Lipinski definition) is 1. The van der Waals surface area contributed by atoms with Crippen molar-refractivity contribution in [1.82, 2.24) is 4.90 Å². The van der Waals surface area contributed by atoms with Crippen LogP contribution in [-0.2, 0) is 9.53 Å². The second kappa shape index (κ2) is 10.5. The molecule has 1 aliphatic rings. The molecule has 0 aromatic heterocycles. The molecule has 5 nitrogen and oxygen atoms in total. The van der Waals surface area contributed by atoms with Crippen LogP contribution in [0.25, 0.3) is 0 Å². The molecule has 2 N–H and O–H groups in total. The van der Waals surface area contributed by atoms with Gasteiger partial charge in [0.05, 0.1) is 6.61 Å². The van der Waals surface area contributed by atoms with Gasteiger partial charge in [0.15, 0.2) is 0 Å². The first-order valence-corrected chi connectivity index (χ1v) is 8.39. The van der Waals surface area contributed by atoms with Crippen molar-refractivity contribution in [3.63, 3.8) is 0 Å². The third-order valence-corrected chi connectivity index (χ3v) is 4.05. The van der Waals surface area contributed by atoms with Crippen LogP contribution in [0.2, 0.25) is 0 Å². The average molecular weight is 298 g/mol. The lowest BCUT2D eigenvalue weighted by molar-refractivity contribution is -0.148. The maximum absolute atomic E-state index is 11.9. The first-order chi connectivity index (χ1) is 10.2. The molecule has 21 heavy (non-hydrogen) atoms. The third-order valence-electron chi connectivity index (χ3n) is 4.05. The van der Waals surface area contributed by atoms with Gasteiger partial charge in [-0.15, -0.1) is 0 Å². The van der Waals surface area contributed by atoms with Crippen molar-refractivity contribution < 1.29 is 14.3 Å². The van der Waals surface area contributed by atoms with E-state index in [1.807, 2.05) is 0 Å². The second-order valence-electron chi connectivity index (χ2n) is 5.83. The number of esters is 1. The molecule has 5 heteroatoms. The first kappa shape index (κ1) is 17.8. The van der Waals surface area contributed by atoms with Crippen LogP contribution in [0, 0.1) is 0 Å². The fourth-order valence-corrected chi connectivity index (χ4v) is 2.78. The highest BCUT2D eigenvalue weighted by Gasteiger charge is 2.33. The number of carbonyl (C=O) groups excluding carboxylic acids is 2. The Hall–Kier alpha value is -1.26. The van der Waals surface area contributed by atoms with E-state index in [-0.39, 0.29) is 5.97 Å². The molecule has 1 atom stereocenters. The van der Waals surface area contributed by atoms with Gasteiger partial charge in [-0.2, -0.15) is 0 Å². The standard InChI is InChI=1S/C16H30N2O3/c1-2-3-4-5-6-7-8-9-13-21-15(19)14-11-10-12-18(14)16(17)20/h14H,2-13H2,1H3,(H2,17,20)/t14-/m0/s1. The van der Waals surface area contributed by atoms with E-state index in [0.717, 1.165) is 19.3 Å². The van der Waals surface area contributed by atoms with E-state index < -0.39 is 12.1 Å². The van der Waals surface area contributed by atoms with Gasteiger partial charge in [0, 0.05) is 6.54 Å². The van der Waals surface area contributed by atoms with Crippen molar-refractivity contribution in [1.29, 1.82) is 0 Å². The Balaban J connectivity index is 2.02. The number of hydrogen-bond acceptors (Lipinski definition) is 3. The van der Waals surface area contributed by atoms with E-state index in [4.69, 9.17) is 10.5 Å². The summed E-state index contributed by atoms with van der Waals surface area (Å²) in [7, 11) is 0. The maximum atomic E-state index is 11.9. The lowest BCUT2D eigenvalue weighted by Crippen LogP contribution is -2.44. The lowest BCUT2D eigenvalue weighted by Gasteiger charge is -2.20. The molecule has 0 spiro atoms. The lowest BCUT2D eigenvalue weighted by atomic mass is 10.1. The molecule has 0 aliphatic carbocycles. The summed E-state index contributed by atoms with van der Waals surface area (Å²) in [5.41, 5.74) is 5.25. The summed E-state index contributed by atoms with van der Waals surface area (Å²) in [6.45, 7) is 3.24. The summed E-state index contributed by atoms with van der Waals surface area (Å²) in [4.78, 5) is 24.5. The summed E-state index contributed by atoms with van der Waals surface area (Å²) in [6, 6.07) is -0.988. The number of urea groups is 1. The number of nitrogens with two attached hydrogens (primary N) is 1. The summed E-state index contributed by atoms with van der Waals surface area (Å²) in [6.07, 6.45) is 11.2. The molecule has 1 aliphatic heterocycles. The molecule has 1 rings (SSSR count). The molecule has 1 saturated heterocycles. The number of likely N-dealkylation sites (tertiary alicyclic amines) is 1. The minimum absolute atomic E-state index is 0.297. The molecular weight excluding hydrogens is 268 g/mol. The predicted molar refractivity (Wildman–Crippen MR) is 82.9 cm³/mol. The number of ether oxygens (including phenoxy) is 1. The smallest absolute Gasteiger partial charge is 0.328 e. The zero-order valence-corrected chi connectivity index (χ0v) is 13.3. The molecule has 2 amide bonds. The Morgan fingerprint density at radius 3 is 2.33 bits per heavy atom. The summed E-state index contributed by atoms with van der Waals surface area (Å²) in [5, 5.41) is 0. The van der Waals surface area contributed by atoms with Gasteiger partial charge in [-0.3, -0.25) is 0 Å². The largest absolute Gasteiger partial charge is 0.464 e. The van der Waals surface area contributed by atoms with Gasteiger partial charge in [-0.25, -0.2) is 9.59 Å². The van der Waals surface area contributed by atoms with Crippen molar-refractivity contribution in [2.75, 3.05) is 13.2 Å². The number of carbonyl (C=O) groups is 2. The van der Waals surface area contributed by atoms with E-state index in [9.17, 15) is 9.59 Å². The molecule has 0 unspecified atom stereocenters. The van der Waals surface area contributed by atoms with Gasteiger partial charge in [-0.05, 0) is 19.3 Å². The number of nitrogens with zero attached hydrogens (tertiary/aromatic N) is 1. The van der Waals surface area contributed by atoms with Crippen molar-refractivity contribution in [2.45, 2.75) is 77.2 Å². The Labute approximate surface area is 128 Å². The van der Waals surface area contributed by atoms with Crippen molar-refractivity contribution in [3.05, 3.63) is 0 Å². The molecule has 0 aromatic rings. The SMILES string of the molecule is CCCCCCCCCCOC(=O)[C@@H]1CCCN1C(N)=O. The van der Waals surface area contributed by atoms with E-state index >= 15 is 0 Å². The second-order valence-corrected chi connectivity index (χ2v) is 5.83. The van der Waals surface area contributed by atoms with Gasteiger partial charge < -0.3 is 15.4 Å². The zero-order valence-electron chi connectivity index (χ0n) is 13.3. The van der Waals surface area contributed by atoms with Crippen LogP contribution >= 0.6 is 0 Å². The van der Waals surface area contributed by atoms with Crippen LogP contribution in [-0.4, -0.2) is 36.1 Å². The van der Waals surface area contributed by atoms with Crippen molar-refractivity contribution in [2.24, 2.45) is 5.73 Å². The fourth-order valence-electron chi connectivity index (χ4n) is 2.78. The van der Waals surface area contributed by atoms with Gasteiger partial charge in [0.1, 0.15) is 6.04 Å². The summed E-state index contributed by atoms with van der Waals surface area (Å²) >= 11 is 0. The van der Waals surface area contributed by atoms with Crippen molar-refractivity contribution in [3.8, 4) is 0 Å². The highest BCUT2D eigenvalue weighted by Crippen LogP contribution is 2.18. The van der Waals surface area contributed by atoms with E-state index in [2.05, 4.69) is 6.92 Å². The summed E-state index contributed by atoms with van der Waals surface area (Å²) < 4.78 is 5.26. The summed E-state index contributed by atoms with van der Waals surface area (Å²) in [5.74, 6) is -0.297. The molecular formula is C16H30N2O3. The molecule has 0 saturated carbocycles. The van der Waals surface area contributed by atoms with Crippen LogP contribution in [0.15, 0.2) is 0 Å². The van der Waals surface area contributed by atoms with Crippen LogP contribution in [0.1, 0.15) is 71.1 Å². The average Bonchev–Trinajstić information content (AvgIpc) is 2.95. The number of amides is 2. The Morgan fingerprint density at radius 1 is 1.10 bits per heavy atom. The molecule has 0 bridgehead atoms. The minimum Gasteiger partial charge on any atom is -0.464 e. The zero-order chi connectivity index (χ0) is 15.5. The van der Waals surface area contributed by atoms with Gasteiger partial charge in [0.2, 0.25) is 0 Å². The maximum Gasteiger partial charge on any atom is 0.328 e. The quantitative estimate of drug-likeness (QED) is 0.497.